The molecule has 2 aromatic heterocycles. The van der Waals surface area contributed by atoms with Crippen LogP contribution in [0.15, 0.2) is 31.0 Å². The van der Waals surface area contributed by atoms with Crippen molar-refractivity contribution >= 4 is 17.8 Å². The summed E-state index contributed by atoms with van der Waals surface area (Å²) in [4.78, 5) is 41.7. The van der Waals surface area contributed by atoms with E-state index in [0.29, 0.717) is 32.1 Å². The highest BCUT2D eigenvalue weighted by molar-refractivity contribution is 5.77. The Morgan fingerprint density at radius 3 is 2.75 bits per heavy atom. The molecule has 4 rings (SSSR count). The number of piperidine rings is 2. The molecular weight excluding hydrogens is 410 g/mol. The van der Waals surface area contributed by atoms with Crippen LogP contribution in [0.4, 0.5) is 10.6 Å². The Balaban J connectivity index is 1.33. The molecule has 2 saturated heterocycles. The molecule has 2 fully saturated rings. The van der Waals surface area contributed by atoms with E-state index in [9.17, 15) is 9.59 Å². The molecule has 32 heavy (non-hydrogen) atoms. The van der Waals surface area contributed by atoms with Crippen molar-refractivity contribution in [2.75, 3.05) is 31.1 Å². The van der Waals surface area contributed by atoms with Gasteiger partial charge in [-0.25, -0.2) is 14.8 Å². The van der Waals surface area contributed by atoms with Gasteiger partial charge < -0.3 is 19.9 Å². The Hall–Kier alpha value is -3.17. The summed E-state index contributed by atoms with van der Waals surface area (Å²) in [6.07, 6.45) is 11.7. The molecule has 1 N–H and O–H groups in total. The molecule has 2 aliphatic heterocycles. The zero-order valence-electron chi connectivity index (χ0n) is 18.5. The number of rotatable bonds is 6. The number of imidazole rings is 1. The summed E-state index contributed by atoms with van der Waals surface area (Å²) in [5.74, 6) is 1.46. The Labute approximate surface area is 188 Å². The lowest BCUT2D eigenvalue weighted by Crippen LogP contribution is -2.48. The molecule has 2 amide bonds. The maximum atomic E-state index is 12.8. The average molecular weight is 442 g/mol. The van der Waals surface area contributed by atoms with Gasteiger partial charge in [-0.05, 0) is 45.1 Å². The van der Waals surface area contributed by atoms with Crippen LogP contribution in [0.2, 0.25) is 0 Å². The number of likely N-dealkylation sites (tertiary alicyclic amines) is 1. The lowest BCUT2D eigenvalue weighted by atomic mass is 9.98. The van der Waals surface area contributed by atoms with E-state index in [1.54, 1.807) is 35.1 Å². The fraction of sp³-hybridized carbons (Fsp3) is 0.591. The fourth-order valence-electron chi connectivity index (χ4n) is 4.44. The highest BCUT2D eigenvalue weighted by Crippen LogP contribution is 2.25. The van der Waals surface area contributed by atoms with Gasteiger partial charge in [-0.15, -0.1) is 0 Å². The van der Waals surface area contributed by atoms with E-state index in [1.165, 1.54) is 0 Å². The molecule has 0 aromatic carbocycles. The number of nitrogens with one attached hydrogen (secondary N) is 1. The topological polar surface area (TPSA) is 105 Å². The van der Waals surface area contributed by atoms with Crippen molar-refractivity contribution < 1.29 is 14.3 Å². The van der Waals surface area contributed by atoms with Gasteiger partial charge in [0.25, 0.3) is 0 Å². The number of aromatic nitrogens is 4. The van der Waals surface area contributed by atoms with Crippen molar-refractivity contribution in [1.29, 1.82) is 0 Å². The number of hydrogen-bond acceptors (Lipinski definition) is 7. The van der Waals surface area contributed by atoms with Gasteiger partial charge >= 0.3 is 6.09 Å². The van der Waals surface area contributed by atoms with E-state index < -0.39 is 0 Å². The standard InChI is InChI=1S/C22H31N7O3/c1-2-32-22(31)27-12-7-17(8-13-27)25-20(30)15-18-5-3-4-11-29(18)19-6-9-24-21(26-19)28-14-10-23-16-28/h6,9-10,14,16-18H,2-5,7-8,11-13,15H2,1H3,(H,25,30). The molecule has 0 radical (unpaired) electrons. The Morgan fingerprint density at radius 2 is 2.00 bits per heavy atom. The van der Waals surface area contributed by atoms with Crippen LogP contribution in [0.3, 0.4) is 0 Å². The van der Waals surface area contributed by atoms with Crippen LogP contribution in [-0.4, -0.2) is 74.7 Å². The van der Waals surface area contributed by atoms with Crippen LogP contribution >= 0.6 is 0 Å². The largest absolute Gasteiger partial charge is 0.450 e. The number of anilines is 1. The second-order valence-corrected chi connectivity index (χ2v) is 8.26. The lowest BCUT2D eigenvalue weighted by Gasteiger charge is -2.37. The van der Waals surface area contributed by atoms with Crippen molar-refractivity contribution in [3.05, 3.63) is 31.0 Å². The molecule has 2 aliphatic rings. The maximum Gasteiger partial charge on any atom is 0.409 e. The number of nitrogens with zero attached hydrogens (tertiary/aromatic N) is 6. The van der Waals surface area contributed by atoms with Gasteiger partial charge in [0.2, 0.25) is 11.9 Å². The predicted molar refractivity (Wildman–Crippen MR) is 119 cm³/mol. The smallest absolute Gasteiger partial charge is 0.409 e. The zero-order valence-corrected chi connectivity index (χ0v) is 18.5. The average Bonchev–Trinajstić information content (AvgIpc) is 3.35. The molecule has 0 saturated carbocycles. The summed E-state index contributed by atoms with van der Waals surface area (Å²) in [7, 11) is 0. The van der Waals surface area contributed by atoms with Crippen LogP contribution in [0.1, 0.15) is 45.4 Å². The van der Waals surface area contributed by atoms with E-state index in [0.717, 1.165) is 44.5 Å². The molecular formula is C22H31N7O3. The Bertz CT molecular complexity index is 897. The number of amides is 2. The van der Waals surface area contributed by atoms with Crippen molar-refractivity contribution in [1.82, 2.24) is 29.7 Å². The normalized spacial score (nSPS) is 19.6. The summed E-state index contributed by atoms with van der Waals surface area (Å²) < 4.78 is 6.84. The van der Waals surface area contributed by atoms with Crippen LogP contribution in [0.25, 0.3) is 5.95 Å². The SMILES string of the molecule is CCOC(=O)N1CCC(NC(=O)CC2CCCCN2c2ccnc(-n3ccnc3)n2)CC1. The van der Waals surface area contributed by atoms with E-state index in [2.05, 4.69) is 20.2 Å². The summed E-state index contributed by atoms with van der Waals surface area (Å²) in [5, 5.41) is 3.17. The monoisotopic (exact) mass is 441 g/mol. The molecule has 10 nitrogen and oxygen atoms in total. The first-order valence-corrected chi connectivity index (χ1v) is 11.4. The summed E-state index contributed by atoms with van der Waals surface area (Å²) >= 11 is 0. The zero-order chi connectivity index (χ0) is 22.3. The molecule has 172 valence electrons. The number of carbonyl (C=O) groups excluding carboxylic acids is 2. The highest BCUT2D eigenvalue weighted by atomic mass is 16.6. The number of ether oxygens (including phenoxy) is 1. The van der Waals surface area contributed by atoms with Crippen LogP contribution in [0, 0.1) is 0 Å². The molecule has 0 spiro atoms. The summed E-state index contributed by atoms with van der Waals surface area (Å²) in [6, 6.07) is 2.10. The Morgan fingerprint density at radius 1 is 1.16 bits per heavy atom. The van der Waals surface area contributed by atoms with Crippen LogP contribution in [-0.2, 0) is 9.53 Å². The van der Waals surface area contributed by atoms with Gasteiger partial charge in [0.05, 0.1) is 6.61 Å². The second kappa shape index (κ2) is 10.4. The minimum absolute atomic E-state index is 0.0559. The van der Waals surface area contributed by atoms with Gasteiger partial charge in [-0.2, -0.15) is 4.98 Å². The number of hydrogen-bond donors (Lipinski definition) is 1. The van der Waals surface area contributed by atoms with Crippen molar-refractivity contribution in [2.24, 2.45) is 0 Å². The molecule has 4 heterocycles. The first-order chi connectivity index (χ1) is 15.6. The third-order valence-corrected chi connectivity index (χ3v) is 6.09. The van der Waals surface area contributed by atoms with E-state index in [1.807, 2.05) is 12.3 Å². The first-order valence-electron chi connectivity index (χ1n) is 11.4. The predicted octanol–water partition coefficient (Wildman–Crippen LogP) is 2.15. The van der Waals surface area contributed by atoms with Crippen LogP contribution in [0.5, 0.6) is 0 Å². The first kappa shape index (κ1) is 22.0. The molecule has 1 atom stereocenters. The lowest BCUT2D eigenvalue weighted by molar-refractivity contribution is -0.122. The van der Waals surface area contributed by atoms with Crippen LogP contribution < -0.4 is 10.2 Å². The van der Waals surface area contributed by atoms with E-state index in [4.69, 9.17) is 9.72 Å². The Kier molecular flexibility index (Phi) is 7.18. The van der Waals surface area contributed by atoms with Gasteiger partial charge in [0.1, 0.15) is 12.1 Å². The van der Waals surface area contributed by atoms with Gasteiger partial charge in [0, 0.05) is 56.7 Å². The van der Waals surface area contributed by atoms with Gasteiger partial charge in [0.15, 0.2) is 0 Å². The summed E-state index contributed by atoms with van der Waals surface area (Å²) in [6.45, 7) is 4.27. The van der Waals surface area contributed by atoms with E-state index in [-0.39, 0.29) is 24.1 Å². The second-order valence-electron chi connectivity index (χ2n) is 8.26. The van der Waals surface area contributed by atoms with Gasteiger partial charge in [-0.3, -0.25) is 9.36 Å². The fourth-order valence-corrected chi connectivity index (χ4v) is 4.44. The number of carbonyl (C=O) groups is 2. The van der Waals surface area contributed by atoms with Gasteiger partial charge in [-0.1, -0.05) is 0 Å². The maximum absolute atomic E-state index is 12.8. The third kappa shape index (κ3) is 5.35. The van der Waals surface area contributed by atoms with E-state index >= 15 is 0 Å². The summed E-state index contributed by atoms with van der Waals surface area (Å²) in [5.41, 5.74) is 0. The minimum Gasteiger partial charge on any atom is -0.450 e. The molecule has 10 heteroatoms. The molecule has 1 unspecified atom stereocenters. The molecule has 0 bridgehead atoms. The van der Waals surface area contributed by atoms with Crippen molar-refractivity contribution in [3.8, 4) is 5.95 Å². The van der Waals surface area contributed by atoms with Crippen molar-refractivity contribution in [2.45, 2.75) is 57.5 Å². The molecule has 0 aliphatic carbocycles. The van der Waals surface area contributed by atoms with Crippen molar-refractivity contribution in [3.63, 3.8) is 0 Å². The molecule has 2 aromatic rings. The minimum atomic E-state index is -0.268. The highest BCUT2D eigenvalue weighted by Gasteiger charge is 2.29. The quantitative estimate of drug-likeness (QED) is 0.732. The third-order valence-electron chi connectivity index (χ3n) is 6.09.